The molecule has 1 aromatic heterocycles. The standard InChI is InChI=1S/C15H20N2/c1-12(2)4-3-5-15-7-6-13(11-17-15)14-8-9-16-10-14/h6-7,11-12,14,16H,4,8-10H2,1-2H3. The van der Waals surface area contributed by atoms with E-state index in [0.29, 0.717) is 11.8 Å². The first-order valence-electron chi connectivity index (χ1n) is 6.41. The summed E-state index contributed by atoms with van der Waals surface area (Å²) in [7, 11) is 0. The summed E-state index contributed by atoms with van der Waals surface area (Å²) in [5.41, 5.74) is 2.23. The van der Waals surface area contributed by atoms with Crippen molar-refractivity contribution in [1.82, 2.24) is 10.3 Å². The molecule has 1 aliphatic rings. The van der Waals surface area contributed by atoms with E-state index < -0.39 is 0 Å². The summed E-state index contributed by atoms with van der Waals surface area (Å²) in [4.78, 5) is 4.42. The minimum Gasteiger partial charge on any atom is -0.316 e. The first-order valence-corrected chi connectivity index (χ1v) is 6.41. The summed E-state index contributed by atoms with van der Waals surface area (Å²) in [6.45, 7) is 6.57. The Morgan fingerprint density at radius 3 is 2.94 bits per heavy atom. The fourth-order valence-corrected chi connectivity index (χ4v) is 2.01. The van der Waals surface area contributed by atoms with Gasteiger partial charge in [0.15, 0.2) is 0 Å². The van der Waals surface area contributed by atoms with E-state index >= 15 is 0 Å². The van der Waals surface area contributed by atoms with Crippen molar-refractivity contribution in [3.63, 3.8) is 0 Å². The molecular weight excluding hydrogens is 208 g/mol. The summed E-state index contributed by atoms with van der Waals surface area (Å²) in [5.74, 6) is 7.55. The highest BCUT2D eigenvalue weighted by atomic mass is 14.9. The van der Waals surface area contributed by atoms with Gasteiger partial charge >= 0.3 is 0 Å². The quantitative estimate of drug-likeness (QED) is 0.787. The summed E-state index contributed by atoms with van der Waals surface area (Å²) in [6, 6.07) is 4.21. The van der Waals surface area contributed by atoms with E-state index in [9.17, 15) is 0 Å². The van der Waals surface area contributed by atoms with Crippen LogP contribution in [0.25, 0.3) is 0 Å². The topological polar surface area (TPSA) is 24.9 Å². The van der Waals surface area contributed by atoms with E-state index in [1.165, 1.54) is 12.0 Å². The van der Waals surface area contributed by atoms with E-state index in [4.69, 9.17) is 0 Å². The lowest BCUT2D eigenvalue weighted by molar-refractivity contribution is 0.676. The van der Waals surface area contributed by atoms with E-state index in [-0.39, 0.29) is 0 Å². The van der Waals surface area contributed by atoms with Crippen molar-refractivity contribution in [3.8, 4) is 11.8 Å². The van der Waals surface area contributed by atoms with Crippen LogP contribution in [0, 0.1) is 17.8 Å². The van der Waals surface area contributed by atoms with E-state index in [1.807, 2.05) is 12.3 Å². The second-order valence-electron chi connectivity index (χ2n) is 5.07. The van der Waals surface area contributed by atoms with Gasteiger partial charge in [0.2, 0.25) is 0 Å². The molecule has 1 fully saturated rings. The Morgan fingerprint density at radius 1 is 1.47 bits per heavy atom. The summed E-state index contributed by atoms with van der Waals surface area (Å²) in [5, 5.41) is 3.38. The maximum absolute atomic E-state index is 4.42. The lowest BCUT2D eigenvalue weighted by Crippen LogP contribution is -2.08. The molecule has 1 aromatic rings. The van der Waals surface area contributed by atoms with Crippen molar-refractivity contribution in [2.45, 2.75) is 32.6 Å². The SMILES string of the molecule is CC(C)CC#Cc1ccc(C2CCNC2)cn1. The number of pyridine rings is 1. The van der Waals surface area contributed by atoms with E-state index in [0.717, 1.165) is 25.2 Å². The fourth-order valence-electron chi connectivity index (χ4n) is 2.01. The Kier molecular flexibility index (Phi) is 4.17. The molecule has 1 saturated heterocycles. The van der Waals surface area contributed by atoms with E-state index in [1.54, 1.807) is 0 Å². The maximum Gasteiger partial charge on any atom is 0.113 e. The van der Waals surface area contributed by atoms with Crippen LogP contribution < -0.4 is 5.32 Å². The van der Waals surface area contributed by atoms with Crippen LogP contribution in [-0.2, 0) is 0 Å². The number of nitrogens with one attached hydrogen (secondary N) is 1. The van der Waals surface area contributed by atoms with Gasteiger partial charge in [-0.05, 0) is 42.4 Å². The van der Waals surface area contributed by atoms with Crippen LogP contribution in [0.1, 0.15) is 43.9 Å². The largest absolute Gasteiger partial charge is 0.316 e. The molecule has 17 heavy (non-hydrogen) atoms. The van der Waals surface area contributed by atoms with Crippen LogP contribution in [0.15, 0.2) is 18.3 Å². The summed E-state index contributed by atoms with van der Waals surface area (Å²) < 4.78 is 0. The zero-order chi connectivity index (χ0) is 12.1. The lowest BCUT2D eigenvalue weighted by Gasteiger charge is -2.07. The minimum absolute atomic E-state index is 0.631. The predicted molar refractivity (Wildman–Crippen MR) is 70.8 cm³/mol. The Balaban J connectivity index is 1.99. The van der Waals surface area contributed by atoms with Gasteiger partial charge in [-0.25, -0.2) is 4.98 Å². The van der Waals surface area contributed by atoms with Crippen molar-refractivity contribution in [2.75, 3.05) is 13.1 Å². The average Bonchev–Trinajstić information content (AvgIpc) is 2.83. The van der Waals surface area contributed by atoms with Gasteiger partial charge in [-0.1, -0.05) is 25.8 Å². The highest BCUT2D eigenvalue weighted by Gasteiger charge is 2.16. The molecule has 2 heteroatoms. The summed E-state index contributed by atoms with van der Waals surface area (Å²) in [6.07, 6.45) is 4.15. The third kappa shape index (κ3) is 3.57. The smallest absolute Gasteiger partial charge is 0.113 e. The van der Waals surface area contributed by atoms with Crippen LogP contribution >= 0.6 is 0 Å². The molecule has 0 aromatic carbocycles. The molecule has 0 saturated carbocycles. The fraction of sp³-hybridized carbons (Fsp3) is 0.533. The first kappa shape index (κ1) is 12.1. The van der Waals surface area contributed by atoms with Crippen LogP contribution in [-0.4, -0.2) is 18.1 Å². The zero-order valence-corrected chi connectivity index (χ0v) is 10.7. The normalized spacial score (nSPS) is 19.1. The average molecular weight is 228 g/mol. The number of hydrogen-bond donors (Lipinski definition) is 1. The van der Waals surface area contributed by atoms with Crippen LogP contribution in [0.3, 0.4) is 0 Å². The number of rotatable bonds is 2. The molecule has 1 atom stereocenters. The molecule has 1 aliphatic heterocycles. The number of hydrogen-bond acceptors (Lipinski definition) is 2. The molecule has 0 aliphatic carbocycles. The Labute approximate surface area is 104 Å². The maximum atomic E-state index is 4.42. The van der Waals surface area contributed by atoms with E-state index in [2.05, 4.69) is 42.1 Å². The Bertz CT molecular complexity index is 403. The van der Waals surface area contributed by atoms with Crippen LogP contribution in [0.4, 0.5) is 0 Å². The molecule has 2 rings (SSSR count). The van der Waals surface area contributed by atoms with Gasteiger partial charge in [-0.15, -0.1) is 0 Å². The second-order valence-corrected chi connectivity index (χ2v) is 5.07. The molecule has 0 bridgehead atoms. The van der Waals surface area contributed by atoms with Crippen molar-refractivity contribution < 1.29 is 0 Å². The van der Waals surface area contributed by atoms with Crippen molar-refractivity contribution in [3.05, 3.63) is 29.6 Å². The highest BCUT2D eigenvalue weighted by molar-refractivity contribution is 5.30. The van der Waals surface area contributed by atoms with Crippen molar-refractivity contribution >= 4 is 0 Å². The Morgan fingerprint density at radius 2 is 2.35 bits per heavy atom. The molecule has 0 amide bonds. The van der Waals surface area contributed by atoms with Gasteiger partial charge < -0.3 is 5.32 Å². The Hall–Kier alpha value is -1.33. The molecular formula is C15H20N2. The van der Waals surface area contributed by atoms with Gasteiger partial charge in [-0.3, -0.25) is 0 Å². The molecule has 1 N–H and O–H groups in total. The van der Waals surface area contributed by atoms with Crippen molar-refractivity contribution in [1.29, 1.82) is 0 Å². The molecule has 90 valence electrons. The predicted octanol–water partition coefficient (Wildman–Crippen LogP) is 2.56. The highest BCUT2D eigenvalue weighted by Crippen LogP contribution is 2.21. The monoisotopic (exact) mass is 228 g/mol. The zero-order valence-electron chi connectivity index (χ0n) is 10.7. The second kappa shape index (κ2) is 5.84. The third-order valence-corrected chi connectivity index (χ3v) is 3.04. The van der Waals surface area contributed by atoms with Crippen LogP contribution in [0.5, 0.6) is 0 Å². The third-order valence-electron chi connectivity index (χ3n) is 3.04. The van der Waals surface area contributed by atoms with Gasteiger partial charge in [0.25, 0.3) is 0 Å². The van der Waals surface area contributed by atoms with Crippen molar-refractivity contribution in [2.24, 2.45) is 5.92 Å². The lowest BCUT2D eigenvalue weighted by atomic mass is 10.0. The number of aromatic nitrogens is 1. The van der Waals surface area contributed by atoms with Gasteiger partial charge in [-0.2, -0.15) is 0 Å². The van der Waals surface area contributed by atoms with Crippen LogP contribution in [0.2, 0.25) is 0 Å². The van der Waals surface area contributed by atoms with Gasteiger partial charge in [0.05, 0.1) is 0 Å². The minimum atomic E-state index is 0.631. The van der Waals surface area contributed by atoms with Gasteiger partial charge in [0.1, 0.15) is 5.69 Å². The summed E-state index contributed by atoms with van der Waals surface area (Å²) >= 11 is 0. The number of nitrogens with zero attached hydrogens (tertiary/aromatic N) is 1. The first-order chi connectivity index (χ1) is 8.25. The molecule has 0 spiro atoms. The molecule has 1 unspecified atom stereocenters. The molecule has 2 heterocycles. The molecule has 2 nitrogen and oxygen atoms in total. The molecule has 0 radical (unpaired) electrons. The van der Waals surface area contributed by atoms with Gasteiger partial charge in [0, 0.05) is 19.2 Å².